The second-order valence-corrected chi connectivity index (χ2v) is 12.2. The van der Waals surface area contributed by atoms with E-state index in [2.05, 4.69) is 32.6 Å². The number of pyridine rings is 1. The molecule has 212 valence electrons. The zero-order valence-corrected chi connectivity index (χ0v) is 25.1. The lowest BCUT2D eigenvalue weighted by Gasteiger charge is -2.24. The second kappa shape index (κ2) is 13.7. The van der Waals surface area contributed by atoms with Crippen molar-refractivity contribution in [2.75, 3.05) is 39.8 Å². The number of likely N-dealkylation sites (tertiary alicyclic amines) is 1. The Labute approximate surface area is 239 Å². The Morgan fingerprint density at radius 2 is 1.74 bits per heavy atom. The number of hydrogen-bond acceptors (Lipinski definition) is 4. The Morgan fingerprint density at radius 1 is 1.05 bits per heavy atom. The standard InChI is InChI=1S/C32H45ClN4O2/c1-23(2)12-18-36(19-13-24(3)4)32(38)25-14-20-37-29(21-25)27(9-8-17-35-15-6-7-16-35)31(34-37)28-22-26(33)10-11-30(28)39-5/h10-11,14,20-24H,6-9,12-13,15-19H2,1-5H3. The van der Waals surface area contributed by atoms with Crippen molar-refractivity contribution in [3.8, 4) is 17.0 Å². The van der Waals surface area contributed by atoms with Crippen molar-refractivity contribution < 1.29 is 9.53 Å². The highest BCUT2D eigenvalue weighted by molar-refractivity contribution is 6.31. The minimum Gasteiger partial charge on any atom is -0.496 e. The molecule has 0 saturated carbocycles. The normalized spacial score (nSPS) is 14.2. The predicted octanol–water partition coefficient (Wildman–Crippen LogP) is 7.23. The first kappa shape index (κ1) is 29.4. The lowest BCUT2D eigenvalue weighted by molar-refractivity contribution is 0.0741. The maximum Gasteiger partial charge on any atom is 0.253 e. The van der Waals surface area contributed by atoms with Crippen molar-refractivity contribution in [3.05, 3.63) is 52.7 Å². The lowest BCUT2D eigenvalue weighted by atomic mass is 10.0. The molecule has 2 aromatic heterocycles. The molecule has 0 atom stereocenters. The molecule has 0 spiro atoms. The number of carbonyl (C=O) groups is 1. The molecule has 7 heteroatoms. The summed E-state index contributed by atoms with van der Waals surface area (Å²) in [5.74, 6) is 1.95. The quantitative estimate of drug-likeness (QED) is 0.224. The minimum atomic E-state index is 0.102. The van der Waals surface area contributed by atoms with Crippen molar-refractivity contribution in [3.63, 3.8) is 0 Å². The maximum atomic E-state index is 13.8. The highest BCUT2D eigenvalue weighted by atomic mass is 35.5. The molecule has 0 bridgehead atoms. The van der Waals surface area contributed by atoms with Gasteiger partial charge in [-0.15, -0.1) is 0 Å². The van der Waals surface area contributed by atoms with Crippen LogP contribution in [0, 0.1) is 11.8 Å². The van der Waals surface area contributed by atoms with Crippen LogP contribution in [0.15, 0.2) is 36.5 Å². The van der Waals surface area contributed by atoms with E-state index in [0.29, 0.717) is 16.9 Å². The van der Waals surface area contributed by atoms with E-state index < -0.39 is 0 Å². The Bertz CT molecular complexity index is 1230. The van der Waals surface area contributed by atoms with Crippen molar-refractivity contribution in [1.29, 1.82) is 0 Å². The molecule has 0 unspecified atom stereocenters. The summed E-state index contributed by atoms with van der Waals surface area (Å²) in [7, 11) is 1.68. The lowest BCUT2D eigenvalue weighted by Crippen LogP contribution is -2.34. The first-order chi connectivity index (χ1) is 18.8. The van der Waals surface area contributed by atoms with Gasteiger partial charge in [0, 0.05) is 41.0 Å². The molecule has 1 aliphatic rings. The van der Waals surface area contributed by atoms with Gasteiger partial charge in [-0.25, -0.2) is 4.52 Å². The van der Waals surface area contributed by atoms with Crippen LogP contribution in [0.1, 0.15) is 75.7 Å². The van der Waals surface area contributed by atoms with E-state index in [1.165, 1.54) is 25.9 Å². The molecule has 6 nitrogen and oxygen atoms in total. The molecule has 1 aromatic carbocycles. The third kappa shape index (κ3) is 7.55. The Kier molecular flexibility index (Phi) is 10.3. The zero-order valence-electron chi connectivity index (χ0n) is 24.4. The summed E-state index contributed by atoms with van der Waals surface area (Å²) in [4.78, 5) is 18.4. The van der Waals surface area contributed by atoms with E-state index in [0.717, 1.165) is 79.0 Å². The summed E-state index contributed by atoms with van der Waals surface area (Å²) >= 11 is 6.42. The van der Waals surface area contributed by atoms with Crippen molar-refractivity contribution >= 4 is 23.0 Å². The number of fused-ring (bicyclic) bond motifs is 1. The highest BCUT2D eigenvalue weighted by Crippen LogP contribution is 2.36. The Hall–Kier alpha value is -2.57. The number of benzene rings is 1. The molecule has 3 heterocycles. The molecule has 0 radical (unpaired) electrons. The molecule has 0 aliphatic carbocycles. The summed E-state index contributed by atoms with van der Waals surface area (Å²) in [5, 5.41) is 5.63. The molecule has 1 fully saturated rings. The van der Waals surface area contributed by atoms with Gasteiger partial charge in [0.15, 0.2) is 0 Å². The summed E-state index contributed by atoms with van der Waals surface area (Å²) in [6.07, 6.45) is 8.40. The number of amides is 1. The number of aryl methyl sites for hydroxylation is 1. The number of methoxy groups -OCH3 is 1. The van der Waals surface area contributed by atoms with Gasteiger partial charge in [0.1, 0.15) is 11.4 Å². The third-order valence-corrected chi connectivity index (χ3v) is 7.98. The van der Waals surface area contributed by atoms with E-state index >= 15 is 0 Å². The van der Waals surface area contributed by atoms with Crippen LogP contribution in [-0.4, -0.2) is 65.2 Å². The first-order valence-electron chi connectivity index (χ1n) is 14.6. The number of rotatable bonds is 13. The van der Waals surface area contributed by atoms with Gasteiger partial charge >= 0.3 is 0 Å². The van der Waals surface area contributed by atoms with Crippen molar-refractivity contribution in [1.82, 2.24) is 19.4 Å². The van der Waals surface area contributed by atoms with Crippen molar-refractivity contribution in [2.45, 2.75) is 66.2 Å². The smallest absolute Gasteiger partial charge is 0.253 e. The van der Waals surface area contributed by atoms with Gasteiger partial charge in [-0.1, -0.05) is 39.3 Å². The summed E-state index contributed by atoms with van der Waals surface area (Å²) in [6, 6.07) is 9.61. The van der Waals surface area contributed by atoms with Gasteiger partial charge in [-0.05, 0) is 100 Å². The Balaban J connectivity index is 1.71. The summed E-state index contributed by atoms with van der Waals surface area (Å²) in [6.45, 7) is 13.8. The molecule has 39 heavy (non-hydrogen) atoms. The number of ether oxygens (including phenoxy) is 1. The average Bonchev–Trinajstić information content (AvgIpc) is 3.56. The topological polar surface area (TPSA) is 50.1 Å². The number of carbonyl (C=O) groups excluding carboxylic acids is 1. The van der Waals surface area contributed by atoms with Crippen LogP contribution in [0.2, 0.25) is 5.02 Å². The first-order valence-corrected chi connectivity index (χ1v) is 15.0. The molecule has 1 amide bonds. The van der Waals surface area contributed by atoms with E-state index in [-0.39, 0.29) is 5.91 Å². The second-order valence-electron chi connectivity index (χ2n) is 11.7. The van der Waals surface area contributed by atoms with Crippen LogP contribution in [0.5, 0.6) is 5.75 Å². The average molecular weight is 553 g/mol. The molecule has 0 N–H and O–H groups in total. The summed E-state index contributed by atoms with van der Waals surface area (Å²) < 4.78 is 7.61. The minimum absolute atomic E-state index is 0.102. The van der Waals surface area contributed by atoms with Crippen LogP contribution in [0.4, 0.5) is 0 Å². The van der Waals surface area contributed by atoms with Gasteiger partial charge in [-0.2, -0.15) is 5.10 Å². The van der Waals surface area contributed by atoms with E-state index in [9.17, 15) is 4.79 Å². The predicted molar refractivity (Wildman–Crippen MR) is 161 cm³/mol. The molecule has 1 saturated heterocycles. The fourth-order valence-corrected chi connectivity index (χ4v) is 5.54. The number of nitrogens with zero attached hydrogens (tertiary/aromatic N) is 4. The van der Waals surface area contributed by atoms with Gasteiger partial charge in [0.05, 0.1) is 12.6 Å². The fraction of sp³-hybridized carbons (Fsp3) is 0.562. The maximum absolute atomic E-state index is 13.8. The molecule has 4 rings (SSSR count). The van der Waals surface area contributed by atoms with Crippen LogP contribution >= 0.6 is 11.6 Å². The van der Waals surface area contributed by atoms with Crippen LogP contribution < -0.4 is 4.74 Å². The van der Waals surface area contributed by atoms with Crippen LogP contribution in [-0.2, 0) is 6.42 Å². The van der Waals surface area contributed by atoms with E-state index in [4.69, 9.17) is 21.4 Å². The van der Waals surface area contributed by atoms with E-state index in [1.54, 1.807) is 7.11 Å². The van der Waals surface area contributed by atoms with Crippen LogP contribution in [0.25, 0.3) is 16.8 Å². The van der Waals surface area contributed by atoms with Gasteiger partial charge in [-0.3, -0.25) is 4.79 Å². The Morgan fingerprint density at radius 3 is 2.38 bits per heavy atom. The highest BCUT2D eigenvalue weighted by Gasteiger charge is 2.22. The number of aromatic nitrogens is 2. The number of hydrogen-bond donors (Lipinski definition) is 0. The molecule has 1 aliphatic heterocycles. The van der Waals surface area contributed by atoms with E-state index in [1.807, 2.05) is 45.9 Å². The number of halogens is 1. The molecule has 3 aromatic rings. The summed E-state index contributed by atoms with van der Waals surface area (Å²) in [5.41, 5.74) is 4.60. The monoisotopic (exact) mass is 552 g/mol. The fourth-order valence-electron chi connectivity index (χ4n) is 5.37. The SMILES string of the molecule is COc1ccc(Cl)cc1-c1nn2ccc(C(=O)N(CCC(C)C)CCC(C)C)cc2c1CCCN1CCCC1. The van der Waals surface area contributed by atoms with Crippen LogP contribution in [0.3, 0.4) is 0 Å². The van der Waals surface area contributed by atoms with Gasteiger partial charge < -0.3 is 14.5 Å². The zero-order chi connectivity index (χ0) is 27.9. The molecular weight excluding hydrogens is 508 g/mol. The molecular formula is C32H45ClN4O2. The third-order valence-electron chi connectivity index (χ3n) is 7.74. The van der Waals surface area contributed by atoms with Gasteiger partial charge in [0.2, 0.25) is 0 Å². The largest absolute Gasteiger partial charge is 0.496 e. The van der Waals surface area contributed by atoms with Crippen molar-refractivity contribution in [2.24, 2.45) is 11.8 Å². The van der Waals surface area contributed by atoms with Gasteiger partial charge in [0.25, 0.3) is 5.91 Å².